The Morgan fingerprint density at radius 2 is 1.60 bits per heavy atom. The molecule has 2 aromatic carbocycles. The van der Waals surface area contributed by atoms with Crippen LogP contribution in [0.25, 0.3) is 22.8 Å². The number of anilines is 1. The van der Waals surface area contributed by atoms with Crippen LogP contribution in [0, 0.1) is 11.8 Å². The Hall–Kier alpha value is -3.80. The van der Waals surface area contributed by atoms with Crippen molar-refractivity contribution >= 4 is 34.5 Å². The minimum absolute atomic E-state index is 0.117. The van der Waals surface area contributed by atoms with Gasteiger partial charge in [-0.3, -0.25) is 0 Å². The van der Waals surface area contributed by atoms with Crippen LogP contribution in [-0.4, -0.2) is 24.2 Å². The molecule has 3 aromatic rings. The molecule has 0 bridgehead atoms. The second-order valence-electron chi connectivity index (χ2n) is 11.5. The summed E-state index contributed by atoms with van der Waals surface area (Å²) in [4.78, 5) is 27.3. The molecule has 1 aromatic heterocycles. The van der Waals surface area contributed by atoms with Gasteiger partial charge in [0.25, 0.3) is 0 Å². The Balaban J connectivity index is 1.65. The first-order valence-corrected chi connectivity index (χ1v) is 15.6. The molecule has 0 saturated carbocycles. The van der Waals surface area contributed by atoms with Crippen molar-refractivity contribution in [1.29, 1.82) is 0 Å². The maximum absolute atomic E-state index is 13.3. The molecule has 2 atom stereocenters. The zero-order valence-corrected chi connectivity index (χ0v) is 25.5. The van der Waals surface area contributed by atoms with Gasteiger partial charge in [-0.1, -0.05) is 84.4 Å². The van der Waals surface area contributed by atoms with Gasteiger partial charge in [0.15, 0.2) is 0 Å². The average molecular weight is 572 g/mol. The summed E-state index contributed by atoms with van der Waals surface area (Å²) in [7, 11) is 0. The summed E-state index contributed by atoms with van der Waals surface area (Å²) < 4.78 is 12.0. The molecule has 1 aliphatic heterocycles. The second-order valence-corrected chi connectivity index (χ2v) is 11.5. The van der Waals surface area contributed by atoms with Crippen molar-refractivity contribution < 1.29 is 19.1 Å². The second kappa shape index (κ2) is 14.9. The minimum atomic E-state index is -1.04. The smallest absolute Gasteiger partial charge is 0.347 e. The standard InChI is InChI=1S/C36H45NO5/c1-5-9-12-25(7-3)23-37(24-26(8-4)13-10-6-2)30-19-18-28-20-31(36(40)42-34(28)22-30)32-15-11-14-27-16-17-29(35(38)39)21-33(27)41-32/h11,14-22,25-26H,5-10,12-13,23-24H2,1-4H3,(H,38,39). The minimum Gasteiger partial charge on any atom is -0.478 e. The third-order valence-electron chi connectivity index (χ3n) is 8.40. The third kappa shape index (κ3) is 7.72. The fourth-order valence-corrected chi connectivity index (χ4v) is 5.64. The fraction of sp³-hybridized carbons (Fsp3) is 0.444. The normalized spacial score (nSPS) is 14.0. The number of rotatable bonds is 15. The van der Waals surface area contributed by atoms with Crippen molar-refractivity contribution in [3.8, 4) is 5.75 Å². The lowest BCUT2D eigenvalue weighted by atomic mass is 9.95. The van der Waals surface area contributed by atoms with Gasteiger partial charge in [0.05, 0.1) is 5.56 Å². The molecule has 1 aliphatic rings. The molecule has 4 rings (SSSR count). The number of aromatic carboxylic acids is 1. The van der Waals surface area contributed by atoms with E-state index in [9.17, 15) is 14.7 Å². The molecule has 6 nitrogen and oxygen atoms in total. The number of hydrogen-bond acceptors (Lipinski definition) is 5. The first kappa shape index (κ1) is 31.1. The van der Waals surface area contributed by atoms with Crippen LogP contribution in [0.3, 0.4) is 0 Å². The number of nitrogens with zero attached hydrogens (tertiary/aromatic N) is 1. The monoisotopic (exact) mass is 571 g/mol. The van der Waals surface area contributed by atoms with Crippen molar-refractivity contribution in [2.45, 2.75) is 79.1 Å². The quantitative estimate of drug-likeness (QED) is 0.183. The predicted octanol–water partition coefficient (Wildman–Crippen LogP) is 9.18. The summed E-state index contributed by atoms with van der Waals surface area (Å²) in [6.07, 6.45) is 15.0. The van der Waals surface area contributed by atoms with Gasteiger partial charge in [0.2, 0.25) is 0 Å². The van der Waals surface area contributed by atoms with Gasteiger partial charge >= 0.3 is 11.6 Å². The van der Waals surface area contributed by atoms with Crippen LogP contribution in [0.1, 0.15) is 101 Å². The van der Waals surface area contributed by atoms with E-state index in [-0.39, 0.29) is 5.56 Å². The lowest BCUT2D eigenvalue weighted by molar-refractivity contribution is 0.0696. The molecule has 224 valence electrons. The zero-order valence-electron chi connectivity index (χ0n) is 25.5. The van der Waals surface area contributed by atoms with E-state index < -0.39 is 11.6 Å². The van der Waals surface area contributed by atoms with E-state index in [0.29, 0.717) is 34.5 Å². The van der Waals surface area contributed by atoms with E-state index in [0.717, 1.165) is 42.6 Å². The summed E-state index contributed by atoms with van der Waals surface area (Å²) in [5, 5.41) is 10.2. The number of carboxylic acid groups (broad SMARTS) is 1. The van der Waals surface area contributed by atoms with Gasteiger partial charge in [-0.15, -0.1) is 0 Å². The van der Waals surface area contributed by atoms with E-state index >= 15 is 0 Å². The average Bonchev–Trinajstić information content (AvgIpc) is 3.21. The Bertz CT molecular complexity index is 1470. The first-order chi connectivity index (χ1) is 20.4. The fourth-order valence-electron chi connectivity index (χ4n) is 5.64. The number of allylic oxidation sites excluding steroid dienone is 2. The van der Waals surface area contributed by atoms with Crippen LogP contribution in [0.2, 0.25) is 0 Å². The van der Waals surface area contributed by atoms with Crippen LogP contribution in [0.5, 0.6) is 5.75 Å². The van der Waals surface area contributed by atoms with Gasteiger partial charge in [-0.05, 0) is 61.1 Å². The SMILES string of the molecule is CCCCC(CC)CN(CC(CC)CCCC)c1ccc2cc(C3=CC=Cc4ccc(C(=O)O)cc4O3)c(=O)oc2c1. The molecule has 0 fully saturated rings. The lowest BCUT2D eigenvalue weighted by Crippen LogP contribution is -2.34. The number of carbonyl (C=O) groups is 1. The number of hydrogen-bond donors (Lipinski definition) is 1. The summed E-state index contributed by atoms with van der Waals surface area (Å²) in [5.74, 6) is 0.896. The van der Waals surface area contributed by atoms with Gasteiger partial charge in [0, 0.05) is 35.8 Å². The van der Waals surface area contributed by atoms with Crippen molar-refractivity contribution in [2.75, 3.05) is 18.0 Å². The molecular formula is C36H45NO5. The van der Waals surface area contributed by atoms with Crippen LogP contribution in [0.15, 0.2) is 63.8 Å². The summed E-state index contributed by atoms with van der Waals surface area (Å²) in [6, 6.07) is 12.7. The van der Waals surface area contributed by atoms with E-state index in [2.05, 4.69) is 38.7 Å². The number of benzene rings is 2. The van der Waals surface area contributed by atoms with Crippen LogP contribution < -0.4 is 15.3 Å². The zero-order chi connectivity index (χ0) is 30.1. The first-order valence-electron chi connectivity index (χ1n) is 15.6. The molecule has 2 heterocycles. The van der Waals surface area contributed by atoms with Gasteiger partial charge < -0.3 is 19.2 Å². The molecule has 0 spiro atoms. The topological polar surface area (TPSA) is 80.0 Å². The van der Waals surface area contributed by atoms with E-state index in [1.807, 2.05) is 18.2 Å². The lowest BCUT2D eigenvalue weighted by Gasteiger charge is -2.32. The highest BCUT2D eigenvalue weighted by Crippen LogP contribution is 2.31. The van der Waals surface area contributed by atoms with Crippen molar-refractivity contribution in [1.82, 2.24) is 0 Å². The summed E-state index contributed by atoms with van der Waals surface area (Å²) >= 11 is 0. The highest BCUT2D eigenvalue weighted by atomic mass is 16.5. The van der Waals surface area contributed by atoms with Crippen LogP contribution >= 0.6 is 0 Å². The van der Waals surface area contributed by atoms with Crippen molar-refractivity contribution in [3.63, 3.8) is 0 Å². The van der Waals surface area contributed by atoms with Crippen LogP contribution in [-0.2, 0) is 0 Å². The number of carboxylic acids is 1. The summed E-state index contributed by atoms with van der Waals surface area (Å²) in [5.41, 5.74) is 2.29. The third-order valence-corrected chi connectivity index (χ3v) is 8.40. The van der Waals surface area contributed by atoms with Crippen molar-refractivity contribution in [2.24, 2.45) is 11.8 Å². The molecule has 1 N–H and O–H groups in total. The maximum atomic E-state index is 13.3. The maximum Gasteiger partial charge on any atom is 0.347 e. The Morgan fingerprint density at radius 3 is 2.21 bits per heavy atom. The molecule has 0 radical (unpaired) electrons. The number of unbranched alkanes of at least 4 members (excludes halogenated alkanes) is 2. The molecule has 0 saturated heterocycles. The predicted molar refractivity (Wildman–Crippen MR) is 172 cm³/mol. The molecule has 0 amide bonds. The number of fused-ring (bicyclic) bond motifs is 2. The van der Waals surface area contributed by atoms with Gasteiger partial charge in [-0.25, -0.2) is 9.59 Å². The Morgan fingerprint density at radius 1 is 0.905 bits per heavy atom. The van der Waals surface area contributed by atoms with E-state index in [4.69, 9.17) is 9.15 Å². The number of ether oxygens (including phenoxy) is 1. The molecular weight excluding hydrogens is 526 g/mol. The van der Waals surface area contributed by atoms with Gasteiger partial charge in [0.1, 0.15) is 22.7 Å². The Kier molecular flexibility index (Phi) is 11.0. The van der Waals surface area contributed by atoms with E-state index in [1.54, 1.807) is 24.3 Å². The highest BCUT2D eigenvalue weighted by Gasteiger charge is 2.20. The van der Waals surface area contributed by atoms with E-state index in [1.165, 1.54) is 50.7 Å². The van der Waals surface area contributed by atoms with Crippen molar-refractivity contribution in [3.05, 3.63) is 81.7 Å². The molecule has 2 unspecified atom stereocenters. The summed E-state index contributed by atoms with van der Waals surface area (Å²) in [6.45, 7) is 11.1. The van der Waals surface area contributed by atoms with Crippen LogP contribution in [0.4, 0.5) is 5.69 Å². The molecule has 0 aliphatic carbocycles. The van der Waals surface area contributed by atoms with Gasteiger partial charge in [-0.2, -0.15) is 0 Å². The Labute approximate surface area is 249 Å². The highest BCUT2D eigenvalue weighted by molar-refractivity contribution is 5.89. The molecule has 6 heteroatoms. The molecule has 42 heavy (non-hydrogen) atoms. The largest absolute Gasteiger partial charge is 0.478 e.